The van der Waals surface area contributed by atoms with E-state index in [-0.39, 0.29) is 6.42 Å². The van der Waals surface area contributed by atoms with E-state index in [0.29, 0.717) is 17.0 Å². The average molecular weight is 234 g/mol. The maximum Gasteiger partial charge on any atom is 0.389 e. The third kappa shape index (κ3) is 3.77. The topological polar surface area (TPSA) is 46.0 Å². The van der Waals surface area contributed by atoms with E-state index in [9.17, 15) is 18.3 Å². The fourth-order valence-corrected chi connectivity index (χ4v) is 1.36. The van der Waals surface area contributed by atoms with Gasteiger partial charge < -0.3 is 5.11 Å². The van der Waals surface area contributed by atoms with Crippen LogP contribution >= 0.6 is 0 Å². The summed E-state index contributed by atoms with van der Waals surface area (Å²) in [5.41, 5.74) is 1.45. The van der Waals surface area contributed by atoms with Crippen molar-refractivity contribution in [3.8, 4) is 0 Å². The van der Waals surface area contributed by atoms with Crippen molar-refractivity contribution < 1.29 is 18.3 Å². The van der Waals surface area contributed by atoms with Crippen LogP contribution in [0.4, 0.5) is 13.2 Å². The Balaban J connectivity index is 2.73. The van der Waals surface area contributed by atoms with Crippen LogP contribution in [0.3, 0.4) is 0 Å². The highest BCUT2D eigenvalue weighted by atomic mass is 19.4. The number of aryl methyl sites for hydroxylation is 2. The highest BCUT2D eigenvalue weighted by molar-refractivity contribution is 5.22. The van der Waals surface area contributed by atoms with Crippen molar-refractivity contribution in [2.75, 3.05) is 0 Å². The molecule has 6 heteroatoms. The van der Waals surface area contributed by atoms with Gasteiger partial charge in [-0.3, -0.25) is 0 Å². The molecule has 0 amide bonds. The molecule has 0 radical (unpaired) electrons. The second kappa shape index (κ2) is 4.78. The molecule has 0 aliphatic carbocycles. The summed E-state index contributed by atoms with van der Waals surface area (Å²) in [4.78, 5) is 0. The van der Waals surface area contributed by atoms with Gasteiger partial charge in [0.2, 0.25) is 0 Å². The summed E-state index contributed by atoms with van der Waals surface area (Å²) in [7, 11) is 0. The van der Waals surface area contributed by atoms with Gasteiger partial charge in [-0.25, -0.2) is 0 Å². The predicted octanol–water partition coefficient (Wildman–Crippen LogP) is 2.47. The summed E-state index contributed by atoms with van der Waals surface area (Å²) in [6.07, 6.45) is -6.75. The Morgan fingerprint density at radius 1 is 1.31 bits per heavy atom. The third-order valence-corrected chi connectivity index (χ3v) is 2.20. The predicted molar refractivity (Wildman–Crippen MR) is 51.8 cm³/mol. The molecule has 3 nitrogen and oxygen atoms in total. The Morgan fingerprint density at radius 2 is 1.94 bits per heavy atom. The van der Waals surface area contributed by atoms with Crippen LogP contribution in [0.2, 0.25) is 0 Å². The summed E-state index contributed by atoms with van der Waals surface area (Å²) in [6.45, 7) is 3.28. The van der Waals surface area contributed by atoms with Crippen molar-refractivity contribution in [2.24, 2.45) is 0 Å². The van der Waals surface area contributed by atoms with E-state index in [0.717, 1.165) is 0 Å². The van der Waals surface area contributed by atoms with Gasteiger partial charge in [-0.15, -0.1) is 0 Å². The molecule has 0 aliphatic heterocycles. The minimum absolute atomic E-state index is 0.352. The fourth-order valence-electron chi connectivity index (χ4n) is 1.36. The van der Waals surface area contributed by atoms with E-state index < -0.39 is 18.7 Å². The molecule has 1 aromatic heterocycles. The maximum atomic E-state index is 12.0. The van der Waals surface area contributed by atoms with Gasteiger partial charge >= 0.3 is 6.18 Å². The molecule has 1 unspecified atom stereocenters. The van der Waals surface area contributed by atoms with Gasteiger partial charge in [-0.1, -0.05) is 0 Å². The molecule has 1 heterocycles. The normalized spacial score (nSPS) is 13.9. The fraction of sp³-hybridized carbons (Fsp3) is 0.600. The zero-order chi connectivity index (χ0) is 12.3. The maximum absolute atomic E-state index is 12.0. The molecule has 90 valence electrons. The van der Waals surface area contributed by atoms with Gasteiger partial charge in [0.1, 0.15) is 0 Å². The lowest BCUT2D eigenvalue weighted by atomic mass is 10.0. The van der Waals surface area contributed by atoms with Crippen LogP contribution in [0.15, 0.2) is 6.07 Å². The monoisotopic (exact) mass is 234 g/mol. The van der Waals surface area contributed by atoms with Crippen molar-refractivity contribution in [3.05, 3.63) is 23.0 Å². The van der Waals surface area contributed by atoms with Crippen LogP contribution in [0.25, 0.3) is 0 Å². The molecular formula is C10H13F3N2O. The van der Waals surface area contributed by atoms with Crippen molar-refractivity contribution >= 4 is 0 Å². The first-order valence-corrected chi connectivity index (χ1v) is 4.85. The SMILES string of the molecule is Cc1cc(C(O)CCC(F)(F)F)c(C)nn1. The Labute approximate surface area is 91.3 Å². The zero-order valence-electron chi connectivity index (χ0n) is 9.04. The molecule has 1 N–H and O–H groups in total. The van der Waals surface area contributed by atoms with Crippen LogP contribution < -0.4 is 0 Å². The van der Waals surface area contributed by atoms with Gasteiger partial charge in [0, 0.05) is 12.0 Å². The van der Waals surface area contributed by atoms with Crippen LogP contribution in [0.5, 0.6) is 0 Å². The minimum atomic E-state index is -4.25. The number of aliphatic hydroxyl groups is 1. The Kier molecular flexibility index (Phi) is 3.85. The number of rotatable bonds is 3. The van der Waals surface area contributed by atoms with Gasteiger partial charge in [0.15, 0.2) is 0 Å². The molecule has 16 heavy (non-hydrogen) atoms. The molecule has 0 saturated carbocycles. The molecule has 0 fully saturated rings. The van der Waals surface area contributed by atoms with Crippen LogP contribution in [-0.4, -0.2) is 21.5 Å². The number of alkyl halides is 3. The number of aromatic nitrogens is 2. The molecule has 1 atom stereocenters. The average Bonchev–Trinajstić information content (AvgIpc) is 2.17. The molecule has 1 rings (SSSR count). The second-order valence-corrected chi connectivity index (χ2v) is 3.70. The molecule has 0 aliphatic rings. The summed E-state index contributed by atoms with van der Waals surface area (Å²) >= 11 is 0. The van der Waals surface area contributed by atoms with Crippen molar-refractivity contribution in [3.63, 3.8) is 0 Å². The Bertz CT molecular complexity index is 366. The second-order valence-electron chi connectivity index (χ2n) is 3.70. The lowest BCUT2D eigenvalue weighted by molar-refractivity contribution is -0.140. The first-order valence-electron chi connectivity index (χ1n) is 4.85. The third-order valence-electron chi connectivity index (χ3n) is 2.20. The standard InChI is InChI=1S/C10H13F3N2O/c1-6-5-8(7(2)15-14-6)9(16)3-4-10(11,12)13/h5,9,16H,3-4H2,1-2H3. The van der Waals surface area contributed by atoms with Gasteiger partial charge in [0.05, 0.1) is 17.5 Å². The van der Waals surface area contributed by atoms with Crippen molar-refractivity contribution in [1.29, 1.82) is 0 Å². The number of halogens is 3. The number of aliphatic hydroxyl groups excluding tert-OH is 1. The highest BCUT2D eigenvalue weighted by Gasteiger charge is 2.28. The quantitative estimate of drug-likeness (QED) is 0.873. The van der Waals surface area contributed by atoms with E-state index in [2.05, 4.69) is 10.2 Å². The van der Waals surface area contributed by atoms with Gasteiger partial charge in [-0.05, 0) is 26.3 Å². The van der Waals surface area contributed by atoms with Crippen molar-refractivity contribution in [1.82, 2.24) is 10.2 Å². The van der Waals surface area contributed by atoms with Crippen LogP contribution in [-0.2, 0) is 0 Å². The van der Waals surface area contributed by atoms with E-state index in [1.807, 2.05) is 0 Å². The number of hydrogen-bond donors (Lipinski definition) is 1. The first-order chi connectivity index (χ1) is 7.29. The van der Waals surface area contributed by atoms with Crippen molar-refractivity contribution in [2.45, 2.75) is 39.0 Å². The smallest absolute Gasteiger partial charge is 0.388 e. The molecule has 0 bridgehead atoms. The Hall–Kier alpha value is -1.17. The van der Waals surface area contributed by atoms with E-state index in [1.54, 1.807) is 19.9 Å². The zero-order valence-corrected chi connectivity index (χ0v) is 9.04. The van der Waals surface area contributed by atoms with Gasteiger partial charge in [-0.2, -0.15) is 23.4 Å². The van der Waals surface area contributed by atoms with E-state index in [4.69, 9.17) is 0 Å². The molecule has 1 aromatic rings. The Morgan fingerprint density at radius 3 is 2.50 bits per heavy atom. The number of hydrogen-bond acceptors (Lipinski definition) is 3. The lowest BCUT2D eigenvalue weighted by Crippen LogP contribution is -2.11. The molecule has 0 spiro atoms. The number of nitrogens with zero attached hydrogens (tertiary/aromatic N) is 2. The summed E-state index contributed by atoms with van der Waals surface area (Å²) < 4.78 is 35.9. The lowest BCUT2D eigenvalue weighted by Gasteiger charge is -2.14. The van der Waals surface area contributed by atoms with Crippen LogP contribution in [0.1, 0.15) is 35.9 Å². The summed E-state index contributed by atoms with van der Waals surface area (Å²) in [5.74, 6) is 0. The largest absolute Gasteiger partial charge is 0.389 e. The van der Waals surface area contributed by atoms with E-state index in [1.165, 1.54) is 0 Å². The first kappa shape index (κ1) is 12.9. The molecule has 0 aromatic carbocycles. The van der Waals surface area contributed by atoms with E-state index >= 15 is 0 Å². The summed E-state index contributed by atoms with van der Waals surface area (Å²) in [6, 6.07) is 1.56. The van der Waals surface area contributed by atoms with Crippen LogP contribution in [0, 0.1) is 13.8 Å². The van der Waals surface area contributed by atoms with Gasteiger partial charge in [0.25, 0.3) is 0 Å². The molecule has 0 saturated heterocycles. The molecular weight excluding hydrogens is 221 g/mol. The minimum Gasteiger partial charge on any atom is -0.388 e. The summed E-state index contributed by atoms with van der Waals surface area (Å²) in [5, 5.41) is 17.1. The highest BCUT2D eigenvalue weighted by Crippen LogP contribution is 2.28.